The number of benzene rings is 1. The van der Waals surface area contributed by atoms with Gasteiger partial charge < -0.3 is 5.11 Å². The van der Waals surface area contributed by atoms with Gasteiger partial charge in [-0.25, -0.2) is 9.37 Å². The average Bonchev–Trinajstić information content (AvgIpc) is 2.92. The third-order valence-corrected chi connectivity index (χ3v) is 3.87. The van der Waals surface area contributed by atoms with Crippen molar-refractivity contribution in [2.45, 2.75) is 12.5 Å². The van der Waals surface area contributed by atoms with E-state index in [9.17, 15) is 9.50 Å². The topological polar surface area (TPSA) is 37.5 Å². The number of hydrogen-bond donors (Lipinski definition) is 1. The molecule has 2 aromatic heterocycles. The molecule has 3 rings (SSSR count). The second kappa shape index (κ2) is 4.92. The summed E-state index contributed by atoms with van der Waals surface area (Å²) in [5.74, 6) is -0.460. The Morgan fingerprint density at radius 1 is 1.47 bits per heavy atom. The summed E-state index contributed by atoms with van der Waals surface area (Å²) in [6.07, 6.45) is 3.02. The first-order valence-electron chi connectivity index (χ1n) is 5.67. The van der Waals surface area contributed by atoms with E-state index in [1.807, 2.05) is 22.2 Å². The Morgan fingerprint density at radius 2 is 2.32 bits per heavy atom. The molecule has 1 aromatic carbocycles. The molecule has 0 radical (unpaired) electrons. The van der Waals surface area contributed by atoms with Crippen molar-refractivity contribution >= 4 is 27.9 Å². The zero-order valence-corrected chi connectivity index (χ0v) is 11.3. The van der Waals surface area contributed by atoms with E-state index in [1.165, 1.54) is 29.5 Å². The van der Waals surface area contributed by atoms with Crippen molar-refractivity contribution in [3.05, 3.63) is 58.1 Å². The highest BCUT2D eigenvalue weighted by molar-refractivity contribution is 7.15. The summed E-state index contributed by atoms with van der Waals surface area (Å²) in [5, 5.41) is 12.4. The minimum absolute atomic E-state index is 0.198. The number of thiazole rings is 1. The molecule has 6 heteroatoms. The van der Waals surface area contributed by atoms with Gasteiger partial charge >= 0.3 is 0 Å². The second-order valence-electron chi connectivity index (χ2n) is 4.21. The summed E-state index contributed by atoms with van der Waals surface area (Å²) in [6, 6.07) is 4.16. The van der Waals surface area contributed by atoms with Crippen LogP contribution in [0.3, 0.4) is 0 Å². The van der Waals surface area contributed by atoms with E-state index in [1.54, 1.807) is 0 Å². The van der Waals surface area contributed by atoms with Gasteiger partial charge in [0.15, 0.2) is 4.96 Å². The van der Waals surface area contributed by atoms with Gasteiger partial charge in [0.1, 0.15) is 5.82 Å². The Balaban J connectivity index is 1.86. The maximum absolute atomic E-state index is 13.6. The van der Waals surface area contributed by atoms with Gasteiger partial charge in [-0.1, -0.05) is 11.6 Å². The zero-order chi connectivity index (χ0) is 13.4. The van der Waals surface area contributed by atoms with Crippen LogP contribution >= 0.6 is 22.9 Å². The molecule has 3 aromatic rings. The molecular formula is C13H10ClFN2OS. The van der Waals surface area contributed by atoms with E-state index < -0.39 is 11.9 Å². The van der Waals surface area contributed by atoms with Crippen LogP contribution < -0.4 is 0 Å². The largest absolute Gasteiger partial charge is 0.388 e. The van der Waals surface area contributed by atoms with Gasteiger partial charge in [0, 0.05) is 34.8 Å². The molecule has 1 N–H and O–H groups in total. The quantitative estimate of drug-likeness (QED) is 0.803. The van der Waals surface area contributed by atoms with Crippen molar-refractivity contribution in [3.63, 3.8) is 0 Å². The highest BCUT2D eigenvalue weighted by Crippen LogP contribution is 2.24. The average molecular weight is 297 g/mol. The molecule has 1 unspecified atom stereocenters. The highest BCUT2D eigenvalue weighted by atomic mass is 35.5. The van der Waals surface area contributed by atoms with Crippen LogP contribution in [-0.2, 0) is 6.42 Å². The molecule has 3 nitrogen and oxygen atoms in total. The molecule has 2 heterocycles. The van der Waals surface area contributed by atoms with Crippen molar-refractivity contribution < 1.29 is 9.50 Å². The molecule has 0 spiro atoms. The van der Waals surface area contributed by atoms with Gasteiger partial charge in [-0.3, -0.25) is 4.40 Å². The molecule has 0 aliphatic carbocycles. The van der Waals surface area contributed by atoms with Gasteiger partial charge in [-0.05, 0) is 18.2 Å². The number of halogens is 2. The van der Waals surface area contributed by atoms with Crippen molar-refractivity contribution in [3.8, 4) is 0 Å². The Hall–Kier alpha value is -1.43. The lowest BCUT2D eigenvalue weighted by molar-refractivity contribution is 0.172. The summed E-state index contributed by atoms with van der Waals surface area (Å²) in [6.45, 7) is 0. The van der Waals surface area contributed by atoms with Crippen LogP contribution in [0, 0.1) is 5.82 Å². The number of nitrogens with zero attached hydrogens (tertiary/aromatic N) is 2. The normalized spacial score (nSPS) is 13.0. The van der Waals surface area contributed by atoms with Crippen LogP contribution in [0.5, 0.6) is 0 Å². The van der Waals surface area contributed by atoms with Crippen LogP contribution in [0.2, 0.25) is 5.02 Å². The molecule has 0 saturated carbocycles. The predicted molar refractivity (Wildman–Crippen MR) is 73.1 cm³/mol. The Kier molecular flexibility index (Phi) is 3.26. The minimum atomic E-state index is -0.955. The van der Waals surface area contributed by atoms with Crippen molar-refractivity contribution in [1.82, 2.24) is 9.38 Å². The van der Waals surface area contributed by atoms with Gasteiger partial charge in [0.2, 0.25) is 0 Å². The molecule has 0 aliphatic rings. The molecule has 0 fully saturated rings. The van der Waals surface area contributed by atoms with E-state index in [4.69, 9.17) is 11.6 Å². The molecule has 19 heavy (non-hydrogen) atoms. The van der Waals surface area contributed by atoms with Crippen LogP contribution in [-0.4, -0.2) is 14.5 Å². The van der Waals surface area contributed by atoms with Crippen LogP contribution in [0.1, 0.15) is 17.4 Å². The first-order valence-corrected chi connectivity index (χ1v) is 6.93. The lowest BCUT2D eigenvalue weighted by Crippen LogP contribution is -2.04. The number of fused-ring (bicyclic) bond motifs is 1. The second-order valence-corrected chi connectivity index (χ2v) is 5.52. The maximum Gasteiger partial charge on any atom is 0.193 e. The summed E-state index contributed by atoms with van der Waals surface area (Å²) in [7, 11) is 0. The molecule has 0 saturated heterocycles. The summed E-state index contributed by atoms with van der Waals surface area (Å²) in [4.78, 5) is 5.21. The Labute approximate surface area is 117 Å². The Morgan fingerprint density at radius 3 is 3.11 bits per heavy atom. The fourth-order valence-corrected chi connectivity index (χ4v) is 2.85. The number of aliphatic hydroxyl groups excluding tert-OH is 1. The molecule has 0 bridgehead atoms. The minimum Gasteiger partial charge on any atom is -0.388 e. The third-order valence-electron chi connectivity index (χ3n) is 2.86. The first kappa shape index (κ1) is 12.6. The molecule has 1 atom stereocenters. The van der Waals surface area contributed by atoms with Gasteiger partial charge in [-0.15, -0.1) is 11.3 Å². The maximum atomic E-state index is 13.6. The molecular weight excluding hydrogens is 287 g/mol. The van der Waals surface area contributed by atoms with E-state index in [0.717, 1.165) is 10.7 Å². The standard InChI is InChI=1S/C13H10ClFN2OS/c14-8-1-2-11(15)10(5-8)12(18)6-9-7-17-3-4-19-13(17)16-9/h1-5,7,12,18H,6H2. The van der Waals surface area contributed by atoms with Crippen LogP contribution in [0.25, 0.3) is 4.96 Å². The van der Waals surface area contributed by atoms with Crippen molar-refractivity contribution in [1.29, 1.82) is 0 Å². The molecule has 98 valence electrons. The molecule has 0 aliphatic heterocycles. The SMILES string of the molecule is OC(Cc1cn2ccsc2n1)c1cc(Cl)ccc1F. The number of hydrogen-bond acceptors (Lipinski definition) is 3. The summed E-state index contributed by atoms with van der Waals surface area (Å²) >= 11 is 7.33. The monoisotopic (exact) mass is 296 g/mol. The van der Waals surface area contributed by atoms with Gasteiger partial charge in [-0.2, -0.15) is 0 Å². The third kappa shape index (κ3) is 2.49. The summed E-state index contributed by atoms with van der Waals surface area (Å²) < 4.78 is 15.5. The van der Waals surface area contributed by atoms with E-state index in [0.29, 0.717) is 5.02 Å². The lowest BCUT2D eigenvalue weighted by Gasteiger charge is -2.10. The fourth-order valence-electron chi connectivity index (χ4n) is 1.95. The lowest BCUT2D eigenvalue weighted by atomic mass is 10.0. The van der Waals surface area contributed by atoms with Crippen LogP contribution in [0.15, 0.2) is 36.0 Å². The molecule has 0 amide bonds. The zero-order valence-electron chi connectivity index (χ0n) is 9.75. The predicted octanol–water partition coefficient (Wildman–Crippen LogP) is 3.46. The van der Waals surface area contributed by atoms with Gasteiger partial charge in [0.25, 0.3) is 0 Å². The van der Waals surface area contributed by atoms with Gasteiger partial charge in [0.05, 0.1) is 11.8 Å². The van der Waals surface area contributed by atoms with Crippen LogP contribution in [0.4, 0.5) is 4.39 Å². The van der Waals surface area contributed by atoms with Crippen molar-refractivity contribution in [2.24, 2.45) is 0 Å². The number of rotatable bonds is 3. The first-order chi connectivity index (χ1) is 9.13. The van der Waals surface area contributed by atoms with E-state index in [2.05, 4.69) is 4.98 Å². The smallest absolute Gasteiger partial charge is 0.193 e. The highest BCUT2D eigenvalue weighted by Gasteiger charge is 2.16. The van der Waals surface area contributed by atoms with E-state index in [-0.39, 0.29) is 12.0 Å². The number of aliphatic hydroxyl groups is 1. The fraction of sp³-hybridized carbons (Fsp3) is 0.154. The van der Waals surface area contributed by atoms with Crippen molar-refractivity contribution in [2.75, 3.05) is 0 Å². The van der Waals surface area contributed by atoms with E-state index >= 15 is 0 Å². The number of imidazole rings is 1. The summed E-state index contributed by atoms with van der Waals surface area (Å²) in [5.41, 5.74) is 0.919. The Bertz CT molecular complexity index is 696. The number of aromatic nitrogens is 2.